The molecular weight excluding hydrogens is 356 g/mol. The number of rotatable bonds is 5. The van der Waals surface area contributed by atoms with E-state index in [0.717, 1.165) is 37.5 Å². The van der Waals surface area contributed by atoms with Gasteiger partial charge in [-0.05, 0) is 99.9 Å². The molecule has 7 unspecified atom stereocenters. The quantitative estimate of drug-likeness (QED) is 0.480. The summed E-state index contributed by atoms with van der Waals surface area (Å²) in [7, 11) is 0. The fourth-order valence-electron chi connectivity index (χ4n) is 6.68. The molecule has 0 aromatic rings. The SMILES string of the molecule is C.C=CC.CCC(O)CCC1(C)C=C(C)CC2C1CCC1(C)C(C(C)O)=CCC21. The van der Waals surface area contributed by atoms with E-state index in [1.807, 2.05) is 13.8 Å². The van der Waals surface area contributed by atoms with Crippen molar-refractivity contribution in [3.8, 4) is 0 Å². The minimum atomic E-state index is -0.308. The predicted molar refractivity (Wildman–Crippen MR) is 127 cm³/mol. The second-order valence-electron chi connectivity index (χ2n) is 10.1. The maximum Gasteiger partial charge on any atom is 0.0727 e. The molecule has 0 bridgehead atoms. The Kier molecular flexibility index (Phi) is 9.43. The second kappa shape index (κ2) is 10.4. The van der Waals surface area contributed by atoms with Crippen molar-refractivity contribution < 1.29 is 10.2 Å². The third-order valence-corrected chi connectivity index (χ3v) is 8.00. The molecule has 1 saturated carbocycles. The summed E-state index contributed by atoms with van der Waals surface area (Å²) in [5.41, 5.74) is 3.24. The van der Waals surface area contributed by atoms with Gasteiger partial charge in [0.25, 0.3) is 0 Å². The number of hydrogen-bond acceptors (Lipinski definition) is 2. The molecule has 3 rings (SSSR count). The Hall–Kier alpha value is -0.860. The van der Waals surface area contributed by atoms with E-state index in [-0.39, 0.29) is 30.5 Å². The van der Waals surface area contributed by atoms with Crippen molar-refractivity contribution >= 4 is 0 Å². The average molecular weight is 405 g/mol. The van der Waals surface area contributed by atoms with Gasteiger partial charge >= 0.3 is 0 Å². The van der Waals surface area contributed by atoms with Crippen LogP contribution >= 0.6 is 0 Å². The van der Waals surface area contributed by atoms with Crippen molar-refractivity contribution in [2.45, 2.75) is 106 Å². The summed E-state index contributed by atoms with van der Waals surface area (Å²) in [5.74, 6) is 2.12. The Bertz CT molecular complexity index is 602. The van der Waals surface area contributed by atoms with Crippen LogP contribution < -0.4 is 0 Å². The van der Waals surface area contributed by atoms with Crippen molar-refractivity contribution in [2.24, 2.45) is 28.6 Å². The molecule has 3 aliphatic carbocycles. The number of aliphatic hydroxyl groups excluding tert-OH is 2. The van der Waals surface area contributed by atoms with Gasteiger partial charge in [-0.2, -0.15) is 0 Å². The lowest BCUT2D eigenvalue weighted by molar-refractivity contribution is -0.0181. The van der Waals surface area contributed by atoms with Crippen LogP contribution in [0.5, 0.6) is 0 Å². The molecule has 7 atom stereocenters. The molecule has 0 amide bonds. The van der Waals surface area contributed by atoms with Gasteiger partial charge in [-0.25, -0.2) is 0 Å². The van der Waals surface area contributed by atoms with Crippen LogP contribution in [0.15, 0.2) is 36.0 Å². The number of aliphatic hydroxyl groups is 2. The topological polar surface area (TPSA) is 40.5 Å². The van der Waals surface area contributed by atoms with Crippen LogP contribution in [0.1, 0.15) is 93.9 Å². The molecule has 29 heavy (non-hydrogen) atoms. The van der Waals surface area contributed by atoms with Crippen LogP contribution in [-0.4, -0.2) is 22.4 Å². The van der Waals surface area contributed by atoms with Crippen molar-refractivity contribution in [1.29, 1.82) is 0 Å². The van der Waals surface area contributed by atoms with Gasteiger partial charge in [0.05, 0.1) is 12.2 Å². The zero-order chi connectivity index (χ0) is 21.1. The highest BCUT2D eigenvalue weighted by molar-refractivity contribution is 5.29. The maximum atomic E-state index is 10.3. The summed E-state index contributed by atoms with van der Waals surface area (Å²) in [6, 6.07) is 0. The van der Waals surface area contributed by atoms with Gasteiger partial charge in [-0.1, -0.05) is 52.0 Å². The van der Waals surface area contributed by atoms with Crippen LogP contribution in [0.3, 0.4) is 0 Å². The van der Waals surface area contributed by atoms with E-state index >= 15 is 0 Å². The molecule has 1 fully saturated rings. The number of allylic oxidation sites excluding steroid dienone is 4. The smallest absolute Gasteiger partial charge is 0.0727 e. The molecule has 0 aromatic heterocycles. The van der Waals surface area contributed by atoms with Crippen LogP contribution in [0, 0.1) is 28.6 Å². The van der Waals surface area contributed by atoms with E-state index in [9.17, 15) is 10.2 Å². The Morgan fingerprint density at radius 1 is 1.28 bits per heavy atom. The molecule has 3 aliphatic rings. The molecule has 0 saturated heterocycles. The van der Waals surface area contributed by atoms with Crippen molar-refractivity contribution in [3.63, 3.8) is 0 Å². The minimum absolute atomic E-state index is 0. The van der Waals surface area contributed by atoms with Crippen LogP contribution in [0.2, 0.25) is 0 Å². The highest BCUT2D eigenvalue weighted by atomic mass is 16.3. The van der Waals surface area contributed by atoms with E-state index in [0.29, 0.717) is 5.92 Å². The highest BCUT2D eigenvalue weighted by Gasteiger charge is 2.55. The van der Waals surface area contributed by atoms with Gasteiger partial charge in [0.2, 0.25) is 0 Å². The lowest BCUT2D eigenvalue weighted by Gasteiger charge is -2.55. The molecule has 2 heteroatoms. The first-order valence-corrected chi connectivity index (χ1v) is 11.4. The lowest BCUT2D eigenvalue weighted by atomic mass is 9.49. The summed E-state index contributed by atoms with van der Waals surface area (Å²) in [6.45, 7) is 16.4. The number of hydrogen-bond donors (Lipinski definition) is 2. The fraction of sp³-hybridized carbons (Fsp3) is 0.778. The standard InChI is InChI=1S/C23H38O2.C3H6.CH4/c1-6-17(25)9-11-22(4)14-15(2)13-18-20(22)10-12-23(5)19(16(3)24)7-8-21(18)23;1-3-2;/h7,14,16-18,20-21,24-25H,6,8-13H2,1-5H3;3H,1H2,2H3;1H4. The largest absolute Gasteiger partial charge is 0.393 e. The molecule has 0 aliphatic heterocycles. The highest BCUT2D eigenvalue weighted by Crippen LogP contribution is 2.63. The average Bonchev–Trinajstić information content (AvgIpc) is 2.98. The third kappa shape index (κ3) is 5.25. The monoisotopic (exact) mass is 404 g/mol. The third-order valence-electron chi connectivity index (χ3n) is 8.00. The van der Waals surface area contributed by atoms with Gasteiger partial charge in [0.15, 0.2) is 0 Å². The molecule has 0 heterocycles. The van der Waals surface area contributed by atoms with E-state index in [1.165, 1.54) is 30.4 Å². The minimum Gasteiger partial charge on any atom is -0.393 e. The molecule has 2 nitrogen and oxygen atoms in total. The zero-order valence-electron chi connectivity index (χ0n) is 19.2. The van der Waals surface area contributed by atoms with Crippen molar-refractivity contribution in [1.82, 2.24) is 0 Å². The molecular formula is C27H48O2. The summed E-state index contributed by atoms with van der Waals surface area (Å²) < 4.78 is 0. The Balaban J connectivity index is 0.000000990. The Morgan fingerprint density at radius 2 is 1.90 bits per heavy atom. The first kappa shape index (κ1) is 26.2. The summed E-state index contributed by atoms with van der Waals surface area (Å²) in [5, 5.41) is 20.4. The Labute approximate surface area is 181 Å². The first-order chi connectivity index (χ1) is 13.1. The van der Waals surface area contributed by atoms with Gasteiger partial charge < -0.3 is 10.2 Å². The van der Waals surface area contributed by atoms with Crippen LogP contribution in [0.25, 0.3) is 0 Å². The van der Waals surface area contributed by atoms with Crippen LogP contribution in [0.4, 0.5) is 0 Å². The maximum absolute atomic E-state index is 10.3. The molecule has 0 aromatic carbocycles. The van der Waals surface area contributed by atoms with Gasteiger partial charge in [0.1, 0.15) is 0 Å². The summed E-state index contributed by atoms with van der Waals surface area (Å²) >= 11 is 0. The number of fused-ring (bicyclic) bond motifs is 3. The normalized spacial score (nSPS) is 37.4. The summed E-state index contributed by atoms with van der Waals surface area (Å²) in [6.07, 6.45) is 13.9. The van der Waals surface area contributed by atoms with Crippen molar-refractivity contribution in [3.05, 3.63) is 36.0 Å². The first-order valence-electron chi connectivity index (χ1n) is 11.4. The van der Waals surface area contributed by atoms with Crippen molar-refractivity contribution in [2.75, 3.05) is 0 Å². The second-order valence-corrected chi connectivity index (χ2v) is 10.1. The van der Waals surface area contributed by atoms with E-state index < -0.39 is 0 Å². The molecule has 2 N–H and O–H groups in total. The van der Waals surface area contributed by atoms with Gasteiger partial charge in [0, 0.05) is 0 Å². The van der Waals surface area contributed by atoms with Gasteiger partial charge in [-0.3, -0.25) is 0 Å². The summed E-state index contributed by atoms with van der Waals surface area (Å²) in [4.78, 5) is 0. The Morgan fingerprint density at radius 3 is 2.45 bits per heavy atom. The molecule has 0 spiro atoms. The molecule has 168 valence electrons. The molecule has 0 radical (unpaired) electrons. The van der Waals surface area contributed by atoms with E-state index in [1.54, 1.807) is 6.08 Å². The predicted octanol–water partition coefficient (Wildman–Crippen LogP) is 7.08. The van der Waals surface area contributed by atoms with E-state index in [2.05, 4.69) is 46.4 Å². The lowest BCUT2D eigenvalue weighted by Crippen LogP contribution is -2.48. The van der Waals surface area contributed by atoms with Gasteiger partial charge in [-0.15, -0.1) is 6.58 Å². The fourth-order valence-corrected chi connectivity index (χ4v) is 6.68. The zero-order valence-corrected chi connectivity index (χ0v) is 19.2. The van der Waals surface area contributed by atoms with E-state index in [4.69, 9.17) is 0 Å². The van der Waals surface area contributed by atoms with Crippen LogP contribution in [-0.2, 0) is 0 Å².